The predicted octanol–water partition coefficient (Wildman–Crippen LogP) is 1.22. The molecule has 2 N–H and O–H groups in total. The first-order chi connectivity index (χ1) is 8.45. The molecule has 0 radical (unpaired) electrons. The number of sulfonamides is 1. The SMILES string of the molecule is Cc1ccc(Oc2ccc(S(N)(=O)=O)cn2)cn1. The second kappa shape index (κ2) is 4.71. The molecular formula is C11H11N3O3S. The van der Waals surface area contributed by atoms with Crippen molar-refractivity contribution in [3.8, 4) is 11.6 Å². The Bertz CT molecular complexity index is 636. The van der Waals surface area contributed by atoms with Crippen molar-refractivity contribution in [3.05, 3.63) is 42.4 Å². The maximum absolute atomic E-state index is 11.0. The molecule has 0 spiro atoms. The molecule has 2 aromatic heterocycles. The van der Waals surface area contributed by atoms with Gasteiger partial charge in [0.05, 0.1) is 12.4 Å². The number of rotatable bonds is 3. The number of primary sulfonamides is 1. The average molecular weight is 265 g/mol. The number of nitrogens with two attached hydrogens (primary N) is 1. The Labute approximate surface area is 105 Å². The minimum Gasteiger partial charge on any atom is -0.437 e. The molecule has 2 heterocycles. The van der Waals surface area contributed by atoms with Crippen LogP contribution in [0.3, 0.4) is 0 Å². The molecule has 0 aromatic carbocycles. The summed E-state index contributed by atoms with van der Waals surface area (Å²) >= 11 is 0. The number of hydrogen-bond donors (Lipinski definition) is 1. The zero-order valence-electron chi connectivity index (χ0n) is 9.57. The number of aromatic nitrogens is 2. The van der Waals surface area contributed by atoms with Crippen LogP contribution in [0.1, 0.15) is 5.69 Å². The highest BCUT2D eigenvalue weighted by Gasteiger charge is 2.08. The van der Waals surface area contributed by atoms with Gasteiger partial charge in [0.25, 0.3) is 0 Å². The summed E-state index contributed by atoms with van der Waals surface area (Å²) in [6, 6.07) is 6.31. The second-order valence-corrected chi connectivity index (χ2v) is 5.18. The molecule has 0 saturated carbocycles. The molecule has 0 aliphatic carbocycles. The summed E-state index contributed by atoms with van der Waals surface area (Å²) in [4.78, 5) is 7.86. The van der Waals surface area contributed by atoms with Crippen LogP contribution >= 0.6 is 0 Å². The van der Waals surface area contributed by atoms with Gasteiger partial charge in [0.2, 0.25) is 15.9 Å². The Morgan fingerprint density at radius 3 is 2.39 bits per heavy atom. The zero-order valence-corrected chi connectivity index (χ0v) is 10.4. The van der Waals surface area contributed by atoms with E-state index in [4.69, 9.17) is 9.88 Å². The summed E-state index contributed by atoms with van der Waals surface area (Å²) in [6.45, 7) is 1.86. The third kappa shape index (κ3) is 3.02. The fraction of sp³-hybridized carbons (Fsp3) is 0.0909. The van der Waals surface area contributed by atoms with Crippen LogP contribution in [0.4, 0.5) is 0 Å². The van der Waals surface area contributed by atoms with Gasteiger partial charge >= 0.3 is 0 Å². The van der Waals surface area contributed by atoms with E-state index in [0.29, 0.717) is 5.75 Å². The van der Waals surface area contributed by atoms with Crippen LogP contribution in [0.25, 0.3) is 0 Å². The highest BCUT2D eigenvalue weighted by Crippen LogP contribution is 2.19. The van der Waals surface area contributed by atoms with Crippen LogP contribution in [-0.4, -0.2) is 18.4 Å². The van der Waals surface area contributed by atoms with Crippen molar-refractivity contribution in [1.82, 2.24) is 9.97 Å². The molecule has 18 heavy (non-hydrogen) atoms. The van der Waals surface area contributed by atoms with Crippen LogP contribution in [0.5, 0.6) is 11.6 Å². The Morgan fingerprint density at radius 2 is 1.89 bits per heavy atom. The quantitative estimate of drug-likeness (QED) is 0.900. The summed E-state index contributed by atoms with van der Waals surface area (Å²) in [5.74, 6) is 0.796. The smallest absolute Gasteiger partial charge is 0.239 e. The van der Waals surface area contributed by atoms with E-state index in [-0.39, 0.29) is 10.8 Å². The first kappa shape index (κ1) is 12.5. The van der Waals surface area contributed by atoms with E-state index in [1.54, 1.807) is 18.3 Å². The number of hydrogen-bond acceptors (Lipinski definition) is 5. The molecule has 0 saturated heterocycles. The van der Waals surface area contributed by atoms with Crippen LogP contribution in [-0.2, 0) is 10.0 Å². The lowest BCUT2D eigenvalue weighted by atomic mass is 10.4. The number of nitrogens with zero attached hydrogens (tertiary/aromatic N) is 2. The van der Waals surface area contributed by atoms with E-state index in [1.165, 1.54) is 12.1 Å². The van der Waals surface area contributed by atoms with Crippen molar-refractivity contribution in [2.24, 2.45) is 5.14 Å². The molecule has 0 unspecified atom stereocenters. The third-order valence-corrected chi connectivity index (χ3v) is 3.04. The average Bonchev–Trinajstić information content (AvgIpc) is 2.32. The molecule has 0 bridgehead atoms. The summed E-state index contributed by atoms with van der Waals surface area (Å²) in [5, 5.41) is 4.96. The van der Waals surface area contributed by atoms with E-state index in [2.05, 4.69) is 9.97 Å². The van der Waals surface area contributed by atoms with Gasteiger partial charge in [-0.05, 0) is 25.1 Å². The molecule has 2 aromatic rings. The Hall–Kier alpha value is -1.99. The molecule has 0 atom stereocenters. The maximum atomic E-state index is 11.0. The molecule has 0 fully saturated rings. The highest BCUT2D eigenvalue weighted by molar-refractivity contribution is 7.89. The van der Waals surface area contributed by atoms with Crippen molar-refractivity contribution >= 4 is 10.0 Å². The van der Waals surface area contributed by atoms with Crippen LogP contribution in [0.15, 0.2) is 41.6 Å². The van der Waals surface area contributed by atoms with Gasteiger partial charge in [0.15, 0.2) is 0 Å². The largest absolute Gasteiger partial charge is 0.437 e. The predicted molar refractivity (Wildman–Crippen MR) is 64.7 cm³/mol. The Morgan fingerprint density at radius 1 is 1.11 bits per heavy atom. The fourth-order valence-corrected chi connectivity index (χ4v) is 1.69. The van der Waals surface area contributed by atoms with Crippen molar-refractivity contribution in [2.75, 3.05) is 0 Å². The van der Waals surface area contributed by atoms with Crippen molar-refractivity contribution in [3.63, 3.8) is 0 Å². The van der Waals surface area contributed by atoms with Crippen molar-refractivity contribution in [2.45, 2.75) is 11.8 Å². The van der Waals surface area contributed by atoms with Gasteiger partial charge in [-0.15, -0.1) is 0 Å². The van der Waals surface area contributed by atoms with Crippen molar-refractivity contribution in [1.29, 1.82) is 0 Å². The minimum absolute atomic E-state index is 0.0584. The molecule has 7 heteroatoms. The van der Waals surface area contributed by atoms with E-state index >= 15 is 0 Å². The van der Waals surface area contributed by atoms with Gasteiger partial charge in [-0.2, -0.15) is 0 Å². The number of pyridine rings is 2. The van der Waals surface area contributed by atoms with Crippen LogP contribution in [0, 0.1) is 6.92 Å². The third-order valence-electron chi connectivity index (χ3n) is 2.14. The van der Waals surface area contributed by atoms with Gasteiger partial charge in [0, 0.05) is 11.8 Å². The van der Waals surface area contributed by atoms with Gasteiger partial charge in [-0.1, -0.05) is 0 Å². The summed E-state index contributed by atoms with van der Waals surface area (Å²) in [7, 11) is -3.73. The normalized spacial score (nSPS) is 11.2. The maximum Gasteiger partial charge on any atom is 0.239 e. The lowest BCUT2D eigenvalue weighted by Crippen LogP contribution is -2.12. The van der Waals surface area contributed by atoms with Gasteiger partial charge in [-0.3, -0.25) is 4.98 Å². The first-order valence-electron chi connectivity index (χ1n) is 5.04. The lowest BCUT2D eigenvalue weighted by Gasteiger charge is -2.04. The Kier molecular flexibility index (Phi) is 3.26. The zero-order chi connectivity index (χ0) is 13.2. The van der Waals surface area contributed by atoms with Gasteiger partial charge in [0.1, 0.15) is 10.6 Å². The summed E-state index contributed by atoms with van der Waals surface area (Å²) in [6.07, 6.45) is 2.71. The lowest BCUT2D eigenvalue weighted by molar-refractivity contribution is 0.459. The molecule has 0 aliphatic heterocycles. The summed E-state index contributed by atoms with van der Waals surface area (Å²) < 4.78 is 27.4. The topological polar surface area (TPSA) is 95.2 Å². The number of ether oxygens (including phenoxy) is 1. The van der Waals surface area contributed by atoms with Crippen LogP contribution in [0.2, 0.25) is 0 Å². The molecular weight excluding hydrogens is 254 g/mol. The van der Waals surface area contributed by atoms with E-state index < -0.39 is 10.0 Å². The van der Waals surface area contributed by atoms with Gasteiger partial charge < -0.3 is 4.74 Å². The van der Waals surface area contributed by atoms with Gasteiger partial charge in [-0.25, -0.2) is 18.5 Å². The Balaban J connectivity index is 2.18. The number of aryl methyl sites for hydroxylation is 1. The van der Waals surface area contributed by atoms with Crippen LogP contribution < -0.4 is 9.88 Å². The van der Waals surface area contributed by atoms with E-state index in [9.17, 15) is 8.42 Å². The fourth-order valence-electron chi connectivity index (χ4n) is 1.23. The molecule has 6 nitrogen and oxygen atoms in total. The van der Waals surface area contributed by atoms with E-state index in [0.717, 1.165) is 11.9 Å². The minimum atomic E-state index is -3.73. The molecule has 2 rings (SSSR count). The second-order valence-electron chi connectivity index (χ2n) is 3.61. The molecule has 0 amide bonds. The highest BCUT2D eigenvalue weighted by atomic mass is 32.2. The standard InChI is InChI=1S/C11H11N3O3S/c1-8-2-3-9(6-13-8)17-11-5-4-10(7-14-11)18(12,15)16/h2-7H,1H3,(H2,12,15,16). The monoisotopic (exact) mass is 265 g/mol. The summed E-state index contributed by atoms with van der Waals surface area (Å²) in [5.41, 5.74) is 0.875. The first-order valence-corrected chi connectivity index (χ1v) is 6.59. The molecule has 94 valence electrons. The molecule has 0 aliphatic rings. The van der Waals surface area contributed by atoms with E-state index in [1.807, 2.05) is 6.92 Å². The van der Waals surface area contributed by atoms with Crippen molar-refractivity contribution < 1.29 is 13.2 Å².